The van der Waals surface area contributed by atoms with Gasteiger partial charge in [-0.2, -0.15) is 21.6 Å². The van der Waals surface area contributed by atoms with Crippen molar-refractivity contribution in [2.75, 3.05) is 0 Å². The lowest BCUT2D eigenvalue weighted by atomic mass is 9.42. The van der Waals surface area contributed by atoms with Crippen LogP contribution in [0.3, 0.4) is 0 Å². The van der Waals surface area contributed by atoms with E-state index in [1.165, 1.54) is 62.5 Å². The largest absolute Gasteiger partial charge is 0.516 e. The van der Waals surface area contributed by atoms with Crippen molar-refractivity contribution in [2.45, 2.75) is 110 Å². The van der Waals surface area contributed by atoms with Gasteiger partial charge in [-0.25, -0.2) is 4.72 Å². The molecule has 1 amide bonds. The van der Waals surface area contributed by atoms with Gasteiger partial charge < -0.3 is 0 Å². The summed E-state index contributed by atoms with van der Waals surface area (Å²) in [5.74, 6) is 3.47. The van der Waals surface area contributed by atoms with Crippen molar-refractivity contribution in [3.63, 3.8) is 0 Å². The third-order valence-electron chi connectivity index (χ3n) is 11.4. The summed E-state index contributed by atoms with van der Waals surface area (Å²) < 4.78 is 61.5. The van der Waals surface area contributed by atoms with Gasteiger partial charge in [0.05, 0.1) is 0 Å². The van der Waals surface area contributed by atoms with Crippen LogP contribution in [0.5, 0.6) is 0 Å². The predicted octanol–water partition coefficient (Wildman–Crippen LogP) is 7.05. The van der Waals surface area contributed by atoms with Crippen molar-refractivity contribution in [2.24, 2.45) is 52.3 Å². The Morgan fingerprint density at radius 3 is 2.34 bits per heavy atom. The van der Waals surface area contributed by atoms with Crippen LogP contribution in [0, 0.1) is 52.3 Å². The zero-order valence-corrected chi connectivity index (χ0v) is 22.6. The van der Waals surface area contributed by atoms with Gasteiger partial charge in [0.25, 0.3) is 0 Å². The molecule has 0 saturated heterocycles. The molecule has 9 atom stereocenters. The summed E-state index contributed by atoms with van der Waals surface area (Å²) in [5, 5.41) is 0. The number of sulfonamides is 1. The first-order valence-corrected chi connectivity index (χ1v) is 15.3. The number of alkyl halides is 3. The van der Waals surface area contributed by atoms with Gasteiger partial charge in [-0.05, 0) is 104 Å². The van der Waals surface area contributed by atoms with Crippen LogP contribution < -0.4 is 4.72 Å². The quantitative estimate of drug-likeness (QED) is 0.409. The van der Waals surface area contributed by atoms with E-state index >= 15 is 0 Å². The molecule has 4 aliphatic carbocycles. The number of amides is 1. The highest BCUT2D eigenvalue weighted by Gasteiger charge is 2.61. The Morgan fingerprint density at radius 2 is 1.69 bits per heavy atom. The average molecular weight is 520 g/mol. The van der Waals surface area contributed by atoms with Crippen molar-refractivity contribution >= 4 is 15.9 Å². The van der Waals surface area contributed by atoms with Crippen molar-refractivity contribution in [1.82, 2.24) is 4.72 Å². The van der Waals surface area contributed by atoms with Crippen LogP contribution in [-0.4, -0.2) is 19.8 Å². The van der Waals surface area contributed by atoms with Gasteiger partial charge in [-0.3, -0.25) is 4.79 Å². The van der Waals surface area contributed by atoms with Gasteiger partial charge >= 0.3 is 15.5 Å². The first-order chi connectivity index (χ1) is 16.2. The third kappa shape index (κ3) is 4.67. The highest BCUT2D eigenvalue weighted by atomic mass is 32.2. The topological polar surface area (TPSA) is 63.2 Å². The molecule has 4 fully saturated rings. The van der Waals surface area contributed by atoms with Gasteiger partial charge in [-0.1, -0.05) is 47.0 Å². The number of halogens is 3. The van der Waals surface area contributed by atoms with Gasteiger partial charge in [0.2, 0.25) is 5.91 Å². The second-order valence-corrected chi connectivity index (χ2v) is 14.5. The van der Waals surface area contributed by atoms with Crippen LogP contribution in [-0.2, 0) is 14.8 Å². The van der Waals surface area contributed by atoms with E-state index in [0.29, 0.717) is 23.7 Å². The average Bonchev–Trinajstić information content (AvgIpc) is 3.13. The first kappa shape index (κ1) is 27.3. The number of carbonyl (C=O) groups is 1. The molecule has 0 radical (unpaired) electrons. The van der Waals surface area contributed by atoms with Gasteiger partial charge in [-0.15, -0.1) is 0 Å². The molecular weight excluding hydrogens is 475 g/mol. The summed E-state index contributed by atoms with van der Waals surface area (Å²) in [6.07, 6.45) is 13.1. The summed E-state index contributed by atoms with van der Waals surface area (Å²) in [4.78, 5) is 12.0. The van der Waals surface area contributed by atoms with E-state index in [1.807, 2.05) is 0 Å². The summed E-state index contributed by atoms with van der Waals surface area (Å²) in [5.41, 5.74) is -4.80. The van der Waals surface area contributed by atoms with Crippen LogP contribution in [0.25, 0.3) is 0 Å². The summed E-state index contributed by atoms with van der Waals surface area (Å²) in [7, 11) is -5.63. The van der Waals surface area contributed by atoms with Crippen molar-refractivity contribution in [3.8, 4) is 0 Å². The maximum absolute atomic E-state index is 12.6. The highest BCUT2D eigenvalue weighted by Crippen LogP contribution is 2.69. The Hall–Kier alpha value is -0.790. The maximum Gasteiger partial charge on any atom is 0.516 e. The van der Waals surface area contributed by atoms with Gasteiger partial charge in [0.1, 0.15) is 0 Å². The fourth-order valence-electron chi connectivity index (χ4n) is 9.81. The Labute approximate surface area is 209 Å². The standard InChI is InChI=1S/C27H44F3NO3S/c1-5-18-16-19-22-11-10-20(17(2)9-12-24(32)31-35(33,34)27(28,29)30)26(22,4)15-13-23(19)25(3)14-7-6-8-21(18)25/h17-23H,5-16H2,1-4H3,(H,31,32)/t17-,18+,19?,20-,21+,22?,23?,25+,26-/m1/s1. The van der Waals surface area contributed by atoms with E-state index in [-0.39, 0.29) is 17.8 Å². The van der Waals surface area contributed by atoms with Crippen LogP contribution in [0.15, 0.2) is 0 Å². The summed E-state index contributed by atoms with van der Waals surface area (Å²) >= 11 is 0. The number of nitrogens with one attached hydrogen (secondary N) is 1. The van der Waals surface area contributed by atoms with E-state index in [9.17, 15) is 26.4 Å². The molecule has 1 N–H and O–H groups in total. The summed E-state index contributed by atoms with van der Waals surface area (Å²) in [6, 6.07) is 0. The number of hydrogen-bond acceptors (Lipinski definition) is 3. The molecule has 8 heteroatoms. The second-order valence-electron chi connectivity index (χ2n) is 12.9. The van der Waals surface area contributed by atoms with E-state index in [2.05, 4.69) is 27.7 Å². The Kier molecular flexibility index (Phi) is 7.40. The second kappa shape index (κ2) is 9.50. The number of fused-ring (bicyclic) bond motifs is 5. The number of carbonyl (C=O) groups excluding carboxylic acids is 1. The molecular formula is C27H44F3NO3S. The van der Waals surface area contributed by atoms with Gasteiger partial charge in [0, 0.05) is 6.42 Å². The molecule has 0 aromatic carbocycles. The van der Waals surface area contributed by atoms with E-state index in [0.717, 1.165) is 30.1 Å². The van der Waals surface area contributed by atoms with Crippen molar-refractivity contribution in [1.29, 1.82) is 0 Å². The zero-order valence-electron chi connectivity index (χ0n) is 21.8. The highest BCUT2D eigenvalue weighted by molar-refractivity contribution is 7.90. The number of rotatable bonds is 6. The van der Waals surface area contributed by atoms with Crippen LogP contribution in [0.4, 0.5) is 13.2 Å². The molecule has 0 aliphatic heterocycles. The van der Waals surface area contributed by atoms with E-state index in [4.69, 9.17) is 0 Å². The zero-order chi connectivity index (χ0) is 25.8. The van der Waals surface area contributed by atoms with Gasteiger partial charge in [0.15, 0.2) is 0 Å². The lowest BCUT2D eigenvalue weighted by molar-refractivity contribution is -0.138. The molecule has 3 unspecified atom stereocenters. The van der Waals surface area contributed by atoms with Crippen LogP contribution in [0.1, 0.15) is 105 Å². The monoisotopic (exact) mass is 519 g/mol. The smallest absolute Gasteiger partial charge is 0.274 e. The van der Waals surface area contributed by atoms with Crippen LogP contribution >= 0.6 is 0 Å². The minimum Gasteiger partial charge on any atom is -0.274 e. The fourth-order valence-corrected chi connectivity index (χ4v) is 10.3. The molecule has 0 bridgehead atoms. The molecule has 4 saturated carbocycles. The van der Waals surface area contributed by atoms with Crippen molar-refractivity contribution in [3.05, 3.63) is 0 Å². The first-order valence-electron chi connectivity index (χ1n) is 13.9. The van der Waals surface area contributed by atoms with Crippen LogP contribution in [0.2, 0.25) is 0 Å². The minimum absolute atomic E-state index is 0.171. The predicted molar refractivity (Wildman–Crippen MR) is 131 cm³/mol. The molecule has 0 aromatic heterocycles. The fraction of sp³-hybridized carbons (Fsp3) is 0.963. The molecule has 4 aliphatic rings. The third-order valence-corrected chi connectivity index (χ3v) is 12.5. The molecule has 0 heterocycles. The lowest BCUT2D eigenvalue weighted by Gasteiger charge is -2.63. The molecule has 202 valence electrons. The SMILES string of the molecule is CC[C@H]1CC2C3CC[C@H]([C@H](C)CCC(=O)NS(=O)(=O)C(F)(F)F)[C@@]3(C)CCC2[C@@]2(C)CCCC[C@@H]12. The van der Waals surface area contributed by atoms with E-state index < -0.39 is 21.4 Å². The Morgan fingerprint density at radius 1 is 1.00 bits per heavy atom. The normalized spacial score (nSPS) is 42.5. The number of hydrogen-bond donors (Lipinski definition) is 1. The molecule has 35 heavy (non-hydrogen) atoms. The Bertz CT molecular complexity index is 906. The maximum atomic E-state index is 12.6. The molecule has 0 spiro atoms. The van der Waals surface area contributed by atoms with E-state index in [1.54, 1.807) is 0 Å². The molecule has 4 rings (SSSR count). The molecule has 0 aromatic rings. The summed E-state index contributed by atoms with van der Waals surface area (Å²) in [6.45, 7) is 9.50. The molecule has 4 nitrogen and oxygen atoms in total. The van der Waals surface area contributed by atoms with Crippen molar-refractivity contribution < 1.29 is 26.4 Å². The minimum atomic E-state index is -5.63. The lowest BCUT2D eigenvalue weighted by Crippen LogP contribution is -2.55. The Balaban J connectivity index is 1.44.